The van der Waals surface area contributed by atoms with Gasteiger partial charge in [0.1, 0.15) is 0 Å². The van der Waals surface area contributed by atoms with Crippen molar-refractivity contribution in [1.82, 2.24) is 9.88 Å². The van der Waals surface area contributed by atoms with E-state index in [2.05, 4.69) is 25.8 Å². The van der Waals surface area contributed by atoms with Crippen molar-refractivity contribution < 1.29 is 4.79 Å². The maximum atomic E-state index is 12.4. The second kappa shape index (κ2) is 6.44. The molecular formula is C15H24ClN3O. The predicted molar refractivity (Wildman–Crippen MR) is 84.0 cm³/mol. The van der Waals surface area contributed by atoms with Crippen LogP contribution in [0.2, 0.25) is 0 Å². The molecule has 1 aromatic heterocycles. The van der Waals surface area contributed by atoms with Crippen molar-refractivity contribution >= 4 is 24.0 Å². The summed E-state index contributed by atoms with van der Waals surface area (Å²) < 4.78 is 0. The van der Waals surface area contributed by atoms with Crippen LogP contribution in [-0.2, 0) is 0 Å². The van der Waals surface area contributed by atoms with Gasteiger partial charge in [-0.2, -0.15) is 0 Å². The number of halogens is 1. The molecule has 0 aromatic carbocycles. The Bertz CT molecular complexity index is 462. The van der Waals surface area contributed by atoms with Gasteiger partial charge in [0.15, 0.2) is 0 Å². The van der Waals surface area contributed by atoms with Crippen LogP contribution < -0.4 is 5.73 Å². The van der Waals surface area contributed by atoms with Crippen LogP contribution in [0.25, 0.3) is 0 Å². The van der Waals surface area contributed by atoms with E-state index in [0.717, 1.165) is 25.9 Å². The zero-order chi connectivity index (χ0) is 14.0. The van der Waals surface area contributed by atoms with E-state index in [9.17, 15) is 4.79 Å². The van der Waals surface area contributed by atoms with E-state index >= 15 is 0 Å². The fourth-order valence-corrected chi connectivity index (χ4v) is 2.70. The predicted octanol–water partition coefficient (Wildman–Crippen LogP) is 2.98. The molecule has 1 aliphatic rings. The third-order valence-corrected chi connectivity index (χ3v) is 4.09. The highest BCUT2D eigenvalue weighted by molar-refractivity contribution is 5.98. The van der Waals surface area contributed by atoms with E-state index in [4.69, 9.17) is 5.73 Å². The normalized spacial score (nSPS) is 16.6. The largest absolute Gasteiger partial charge is 0.398 e. The Morgan fingerprint density at radius 1 is 1.35 bits per heavy atom. The first kappa shape index (κ1) is 16.8. The summed E-state index contributed by atoms with van der Waals surface area (Å²) in [5.41, 5.74) is 7.20. The number of rotatable bonds is 1. The quantitative estimate of drug-likeness (QED) is 0.867. The fourth-order valence-electron chi connectivity index (χ4n) is 2.70. The lowest BCUT2D eigenvalue weighted by molar-refractivity contribution is 0.0609. The molecule has 1 saturated heterocycles. The molecule has 0 unspecified atom stereocenters. The van der Waals surface area contributed by atoms with Crippen molar-refractivity contribution in [3.05, 3.63) is 24.0 Å². The van der Waals surface area contributed by atoms with E-state index in [-0.39, 0.29) is 18.3 Å². The third-order valence-electron chi connectivity index (χ3n) is 4.09. The smallest absolute Gasteiger partial charge is 0.257 e. The van der Waals surface area contributed by atoms with E-state index in [1.165, 1.54) is 0 Å². The number of nitrogen functional groups attached to an aromatic ring is 1. The van der Waals surface area contributed by atoms with E-state index in [1.807, 2.05) is 4.90 Å². The molecule has 2 rings (SSSR count). The Morgan fingerprint density at radius 2 is 1.95 bits per heavy atom. The molecule has 112 valence electrons. The zero-order valence-corrected chi connectivity index (χ0v) is 13.2. The van der Waals surface area contributed by atoms with Gasteiger partial charge in [0.25, 0.3) is 5.91 Å². The van der Waals surface area contributed by atoms with Crippen molar-refractivity contribution in [3.8, 4) is 0 Å². The van der Waals surface area contributed by atoms with Gasteiger partial charge in [-0.3, -0.25) is 9.78 Å². The maximum Gasteiger partial charge on any atom is 0.257 e. The molecule has 0 radical (unpaired) electrons. The first-order chi connectivity index (χ1) is 8.89. The monoisotopic (exact) mass is 297 g/mol. The van der Waals surface area contributed by atoms with Crippen LogP contribution in [0.1, 0.15) is 44.0 Å². The van der Waals surface area contributed by atoms with Crippen molar-refractivity contribution in [2.24, 2.45) is 11.3 Å². The number of aromatic nitrogens is 1. The molecule has 1 aromatic rings. The molecule has 0 bridgehead atoms. The number of amides is 1. The average Bonchev–Trinajstić information content (AvgIpc) is 2.38. The summed E-state index contributed by atoms with van der Waals surface area (Å²) in [5.74, 6) is 0.695. The molecule has 1 fully saturated rings. The van der Waals surface area contributed by atoms with Gasteiger partial charge in [0, 0.05) is 31.2 Å². The minimum atomic E-state index is 0. The Hall–Kier alpha value is -1.29. The van der Waals surface area contributed by atoms with Gasteiger partial charge >= 0.3 is 0 Å². The minimum Gasteiger partial charge on any atom is -0.398 e. The van der Waals surface area contributed by atoms with Gasteiger partial charge in [0.05, 0.1) is 5.56 Å². The summed E-state index contributed by atoms with van der Waals surface area (Å²) in [5, 5.41) is 0. The lowest BCUT2D eigenvalue weighted by atomic mass is 9.75. The fraction of sp³-hybridized carbons (Fsp3) is 0.600. The van der Waals surface area contributed by atoms with Gasteiger partial charge in [0.2, 0.25) is 0 Å². The standard InChI is InChI=1S/C15H23N3O.ClH/c1-15(2,3)11-5-8-18(9-6-11)14(19)12-10-17-7-4-13(12)16;/h4,7,10-11H,5-6,8-9H2,1-3H3,(H2,16,17);1H. The first-order valence-electron chi connectivity index (χ1n) is 6.88. The molecule has 5 heteroatoms. The number of pyridine rings is 1. The Morgan fingerprint density at radius 3 is 2.45 bits per heavy atom. The molecule has 0 saturated carbocycles. The summed E-state index contributed by atoms with van der Waals surface area (Å²) in [7, 11) is 0. The van der Waals surface area contributed by atoms with Crippen LogP contribution in [-0.4, -0.2) is 28.9 Å². The van der Waals surface area contributed by atoms with Crippen LogP contribution >= 0.6 is 12.4 Å². The lowest BCUT2D eigenvalue weighted by Crippen LogP contribution is -2.41. The number of hydrogen-bond acceptors (Lipinski definition) is 3. The van der Waals surface area contributed by atoms with Crippen LogP contribution in [0.5, 0.6) is 0 Å². The molecule has 2 heterocycles. The highest BCUT2D eigenvalue weighted by Crippen LogP contribution is 2.34. The van der Waals surface area contributed by atoms with Crippen LogP contribution in [0.15, 0.2) is 18.5 Å². The Labute approximate surface area is 127 Å². The van der Waals surface area contributed by atoms with Crippen molar-refractivity contribution in [2.75, 3.05) is 18.8 Å². The Balaban J connectivity index is 0.00000200. The van der Waals surface area contributed by atoms with Crippen molar-refractivity contribution in [1.29, 1.82) is 0 Å². The van der Waals surface area contributed by atoms with Crippen LogP contribution in [0.4, 0.5) is 5.69 Å². The molecule has 2 N–H and O–H groups in total. The van der Waals surface area contributed by atoms with Crippen molar-refractivity contribution in [3.63, 3.8) is 0 Å². The van der Waals surface area contributed by atoms with Gasteiger partial charge in [-0.15, -0.1) is 12.4 Å². The van der Waals surface area contributed by atoms with E-state index in [1.54, 1.807) is 18.5 Å². The second-order valence-electron chi connectivity index (χ2n) is 6.40. The third kappa shape index (κ3) is 3.63. The molecule has 20 heavy (non-hydrogen) atoms. The van der Waals surface area contributed by atoms with Crippen molar-refractivity contribution in [2.45, 2.75) is 33.6 Å². The van der Waals surface area contributed by atoms with Gasteiger partial charge < -0.3 is 10.6 Å². The summed E-state index contributed by atoms with van der Waals surface area (Å²) in [6, 6.07) is 1.68. The highest BCUT2D eigenvalue weighted by atomic mass is 35.5. The molecule has 1 amide bonds. The molecule has 0 spiro atoms. The molecule has 4 nitrogen and oxygen atoms in total. The number of hydrogen-bond donors (Lipinski definition) is 1. The number of nitrogens with two attached hydrogens (primary N) is 1. The summed E-state index contributed by atoms with van der Waals surface area (Å²) in [6.07, 6.45) is 5.30. The SMILES string of the molecule is CC(C)(C)C1CCN(C(=O)c2cnccc2N)CC1.Cl. The molecular weight excluding hydrogens is 274 g/mol. The topological polar surface area (TPSA) is 59.2 Å². The molecule has 0 aliphatic carbocycles. The summed E-state index contributed by atoms with van der Waals surface area (Å²) >= 11 is 0. The maximum absolute atomic E-state index is 12.4. The highest BCUT2D eigenvalue weighted by Gasteiger charge is 2.31. The number of piperidine rings is 1. The number of anilines is 1. The number of carbonyl (C=O) groups excluding carboxylic acids is 1. The van der Waals surface area contributed by atoms with Gasteiger partial charge in [-0.05, 0) is 30.2 Å². The van der Waals surface area contributed by atoms with Crippen LogP contribution in [0.3, 0.4) is 0 Å². The van der Waals surface area contributed by atoms with E-state index < -0.39 is 0 Å². The zero-order valence-electron chi connectivity index (χ0n) is 12.4. The van der Waals surface area contributed by atoms with Gasteiger partial charge in [-0.25, -0.2) is 0 Å². The summed E-state index contributed by atoms with van der Waals surface area (Å²) in [4.78, 5) is 18.3. The minimum absolute atomic E-state index is 0. The molecule has 0 atom stereocenters. The van der Waals surface area contributed by atoms with Crippen LogP contribution in [0, 0.1) is 11.3 Å². The lowest BCUT2D eigenvalue weighted by Gasteiger charge is -2.38. The number of likely N-dealkylation sites (tertiary alicyclic amines) is 1. The first-order valence-corrected chi connectivity index (χ1v) is 6.88. The summed E-state index contributed by atoms with van der Waals surface area (Å²) in [6.45, 7) is 8.45. The van der Waals surface area contributed by atoms with Gasteiger partial charge in [-0.1, -0.05) is 20.8 Å². The molecule has 1 aliphatic heterocycles. The average molecular weight is 298 g/mol. The Kier molecular flexibility index (Phi) is 5.40. The van der Waals surface area contributed by atoms with E-state index in [0.29, 0.717) is 22.6 Å². The second-order valence-corrected chi connectivity index (χ2v) is 6.40. The number of carbonyl (C=O) groups is 1. The number of nitrogens with zero attached hydrogens (tertiary/aromatic N) is 2.